The van der Waals surface area contributed by atoms with Gasteiger partial charge in [-0.05, 0) is 37.0 Å². The van der Waals surface area contributed by atoms with E-state index in [1.165, 1.54) is 13.1 Å². The van der Waals surface area contributed by atoms with E-state index in [2.05, 4.69) is 36.5 Å². The highest BCUT2D eigenvalue weighted by molar-refractivity contribution is 6.02. The van der Waals surface area contributed by atoms with Crippen molar-refractivity contribution < 1.29 is 9.59 Å². The highest BCUT2D eigenvalue weighted by Crippen LogP contribution is 2.46. The van der Waals surface area contributed by atoms with E-state index in [-0.39, 0.29) is 22.9 Å². The highest BCUT2D eigenvalue weighted by Gasteiger charge is 2.49. The van der Waals surface area contributed by atoms with Crippen LogP contribution in [0.2, 0.25) is 0 Å². The molecule has 1 saturated carbocycles. The van der Waals surface area contributed by atoms with Crippen LogP contribution in [-0.4, -0.2) is 33.0 Å². The number of aromatic nitrogens is 2. The largest absolute Gasteiger partial charge is 0.379 e. The molecular formula is C25H32N6O2. The number of benzene rings is 1. The van der Waals surface area contributed by atoms with E-state index in [0.717, 1.165) is 35.0 Å². The van der Waals surface area contributed by atoms with Gasteiger partial charge in [0.2, 0.25) is 5.91 Å². The lowest BCUT2D eigenvalue weighted by Crippen LogP contribution is -2.51. The number of hydrogen-bond acceptors (Lipinski definition) is 5. The summed E-state index contributed by atoms with van der Waals surface area (Å²) in [6, 6.07) is 10.1. The van der Waals surface area contributed by atoms with Gasteiger partial charge >= 0.3 is 0 Å². The van der Waals surface area contributed by atoms with Crippen LogP contribution in [0.5, 0.6) is 0 Å². The average Bonchev–Trinajstić information content (AvgIpc) is 3.27. The van der Waals surface area contributed by atoms with Crippen molar-refractivity contribution in [1.82, 2.24) is 14.9 Å². The van der Waals surface area contributed by atoms with Gasteiger partial charge in [-0.2, -0.15) is 5.10 Å². The number of carbonyl (C=O) groups excluding carboxylic acids is 2. The van der Waals surface area contributed by atoms with Crippen LogP contribution in [0.25, 0.3) is 16.6 Å². The summed E-state index contributed by atoms with van der Waals surface area (Å²) < 4.78 is 1.76. The minimum Gasteiger partial charge on any atom is -0.379 e. The minimum atomic E-state index is -0.524. The molecule has 1 aliphatic carbocycles. The summed E-state index contributed by atoms with van der Waals surface area (Å²) in [6.07, 6.45) is 5.24. The van der Waals surface area contributed by atoms with Crippen LogP contribution < -0.4 is 22.1 Å². The summed E-state index contributed by atoms with van der Waals surface area (Å²) in [5, 5.41) is 10.8. The zero-order valence-corrected chi connectivity index (χ0v) is 19.6. The van der Waals surface area contributed by atoms with E-state index in [9.17, 15) is 9.59 Å². The molecule has 0 unspecified atom stereocenters. The Bertz CT molecular complexity index is 1210. The molecule has 6 N–H and O–H groups in total. The third-order valence-electron chi connectivity index (χ3n) is 7.35. The second kappa shape index (κ2) is 8.19. The van der Waals surface area contributed by atoms with Crippen molar-refractivity contribution in [3.8, 4) is 11.1 Å². The molecule has 0 spiro atoms. The number of nitrogens with zero attached hydrogens (tertiary/aromatic N) is 2. The van der Waals surface area contributed by atoms with Crippen molar-refractivity contribution in [3.05, 3.63) is 53.9 Å². The standard InChI is InChI=1S/C25H32N6O2/c1-15(32)28-12-16-5-7-17(8-6-16)18-11-20-22(19(23(26)33)13-29-31(20)14-18)30-21-9-10-25(4,27)24(21,2)3/h5-8,11,13-14,21,30H,9-10,12,27H2,1-4H3,(H2,26,33)(H,28,32)/t21-,25+/m1/s1. The molecule has 2 aromatic heterocycles. The molecule has 0 bridgehead atoms. The molecule has 8 nitrogen and oxygen atoms in total. The van der Waals surface area contributed by atoms with E-state index in [1.807, 2.05) is 36.5 Å². The molecule has 1 aromatic carbocycles. The topological polar surface area (TPSA) is 128 Å². The maximum Gasteiger partial charge on any atom is 0.252 e. The minimum absolute atomic E-state index is 0.0606. The first-order valence-corrected chi connectivity index (χ1v) is 11.2. The van der Waals surface area contributed by atoms with Crippen LogP contribution in [0.3, 0.4) is 0 Å². The fraction of sp³-hybridized carbons (Fsp3) is 0.400. The van der Waals surface area contributed by atoms with Gasteiger partial charge in [0.1, 0.15) is 0 Å². The average molecular weight is 449 g/mol. The number of nitrogens with two attached hydrogens (primary N) is 2. The Hall–Kier alpha value is -3.39. The zero-order valence-electron chi connectivity index (χ0n) is 19.6. The molecule has 2 amide bonds. The second-order valence-corrected chi connectivity index (χ2v) is 9.84. The molecule has 0 radical (unpaired) electrons. The molecular weight excluding hydrogens is 416 g/mol. The number of anilines is 1. The van der Waals surface area contributed by atoms with Gasteiger partial charge in [-0.3, -0.25) is 9.59 Å². The molecule has 33 heavy (non-hydrogen) atoms. The lowest BCUT2D eigenvalue weighted by molar-refractivity contribution is -0.119. The Morgan fingerprint density at radius 1 is 1.18 bits per heavy atom. The molecule has 3 aromatic rings. The van der Waals surface area contributed by atoms with Crippen LogP contribution in [0.15, 0.2) is 42.7 Å². The van der Waals surface area contributed by atoms with Gasteiger partial charge in [0, 0.05) is 42.2 Å². The fourth-order valence-corrected chi connectivity index (χ4v) is 4.55. The molecule has 8 heteroatoms. The van der Waals surface area contributed by atoms with Crippen molar-refractivity contribution >= 4 is 23.0 Å². The molecule has 1 aliphatic rings. The van der Waals surface area contributed by atoms with Gasteiger partial charge in [0.25, 0.3) is 5.91 Å². The number of primary amides is 1. The Kier molecular flexibility index (Phi) is 5.66. The SMILES string of the molecule is CC(=O)NCc1ccc(-c2cc3c(N[C@@H]4CC[C@](C)(N)C4(C)C)c(C(N)=O)cnn3c2)cc1. The van der Waals surface area contributed by atoms with E-state index in [1.54, 1.807) is 4.52 Å². The summed E-state index contributed by atoms with van der Waals surface area (Å²) in [5.74, 6) is -0.585. The Morgan fingerprint density at radius 3 is 2.45 bits per heavy atom. The van der Waals surface area contributed by atoms with E-state index in [0.29, 0.717) is 17.8 Å². The Morgan fingerprint density at radius 2 is 1.88 bits per heavy atom. The van der Waals surface area contributed by atoms with Crippen molar-refractivity contribution in [1.29, 1.82) is 0 Å². The lowest BCUT2D eigenvalue weighted by atomic mass is 9.75. The normalized spacial score (nSPS) is 21.8. The first-order chi connectivity index (χ1) is 15.5. The summed E-state index contributed by atoms with van der Waals surface area (Å²) in [7, 11) is 0. The number of carbonyl (C=O) groups is 2. The quantitative estimate of drug-likeness (QED) is 0.461. The van der Waals surface area contributed by atoms with Crippen LogP contribution in [0.1, 0.15) is 56.5 Å². The van der Waals surface area contributed by atoms with Crippen molar-refractivity contribution in [2.45, 2.75) is 58.7 Å². The molecule has 2 atom stereocenters. The zero-order chi connectivity index (χ0) is 24.0. The van der Waals surface area contributed by atoms with Crippen LogP contribution >= 0.6 is 0 Å². The Balaban J connectivity index is 1.71. The summed E-state index contributed by atoms with van der Waals surface area (Å²) in [5.41, 5.74) is 16.6. The molecule has 1 fully saturated rings. The van der Waals surface area contributed by atoms with Crippen LogP contribution in [-0.2, 0) is 11.3 Å². The maximum atomic E-state index is 12.2. The monoisotopic (exact) mass is 448 g/mol. The van der Waals surface area contributed by atoms with Crippen LogP contribution in [0.4, 0.5) is 5.69 Å². The van der Waals surface area contributed by atoms with Crippen molar-refractivity contribution in [2.24, 2.45) is 16.9 Å². The first kappa shape index (κ1) is 22.8. The van der Waals surface area contributed by atoms with Crippen molar-refractivity contribution in [2.75, 3.05) is 5.32 Å². The second-order valence-electron chi connectivity index (χ2n) is 9.84. The summed E-state index contributed by atoms with van der Waals surface area (Å²) >= 11 is 0. The van der Waals surface area contributed by atoms with Crippen molar-refractivity contribution in [3.63, 3.8) is 0 Å². The van der Waals surface area contributed by atoms with E-state index in [4.69, 9.17) is 11.5 Å². The molecule has 174 valence electrons. The molecule has 2 heterocycles. The fourth-order valence-electron chi connectivity index (χ4n) is 4.55. The van der Waals surface area contributed by atoms with Gasteiger partial charge in [-0.25, -0.2) is 4.52 Å². The number of amides is 2. The Labute approximate surface area is 193 Å². The summed E-state index contributed by atoms with van der Waals surface area (Å²) in [6.45, 7) is 8.39. The first-order valence-electron chi connectivity index (χ1n) is 11.2. The third kappa shape index (κ3) is 4.18. The summed E-state index contributed by atoms with van der Waals surface area (Å²) in [4.78, 5) is 23.4. The predicted octanol–water partition coefficient (Wildman–Crippen LogP) is 3.05. The van der Waals surface area contributed by atoms with Gasteiger partial charge in [-0.15, -0.1) is 0 Å². The number of rotatable bonds is 6. The maximum absolute atomic E-state index is 12.2. The van der Waals surface area contributed by atoms with Gasteiger partial charge < -0.3 is 22.1 Å². The highest BCUT2D eigenvalue weighted by atomic mass is 16.1. The number of nitrogens with one attached hydrogen (secondary N) is 2. The molecule has 4 rings (SSSR count). The number of hydrogen-bond donors (Lipinski definition) is 4. The molecule has 0 saturated heterocycles. The predicted molar refractivity (Wildman–Crippen MR) is 130 cm³/mol. The van der Waals surface area contributed by atoms with Crippen LogP contribution in [0, 0.1) is 5.41 Å². The van der Waals surface area contributed by atoms with Gasteiger partial charge in [-0.1, -0.05) is 38.1 Å². The van der Waals surface area contributed by atoms with E-state index >= 15 is 0 Å². The van der Waals surface area contributed by atoms with Gasteiger partial charge in [0.05, 0.1) is 23.0 Å². The number of fused-ring (bicyclic) bond motifs is 1. The van der Waals surface area contributed by atoms with E-state index < -0.39 is 5.91 Å². The molecule has 0 aliphatic heterocycles. The lowest BCUT2D eigenvalue weighted by Gasteiger charge is -2.39. The smallest absolute Gasteiger partial charge is 0.252 e. The van der Waals surface area contributed by atoms with Gasteiger partial charge in [0.15, 0.2) is 0 Å². The third-order valence-corrected chi connectivity index (χ3v) is 7.35.